The molecule has 2 aliphatic heterocycles. The minimum Gasteiger partial charge on any atom is -0.393 e. The second-order valence-corrected chi connectivity index (χ2v) is 6.21. The summed E-state index contributed by atoms with van der Waals surface area (Å²) >= 11 is 0. The van der Waals surface area contributed by atoms with E-state index in [9.17, 15) is 15.0 Å². The Labute approximate surface area is 124 Å². The molecule has 1 amide bonds. The van der Waals surface area contributed by atoms with Crippen molar-refractivity contribution >= 4 is 11.6 Å². The Hall–Kier alpha value is -1.43. The van der Waals surface area contributed by atoms with Crippen LogP contribution in [0.3, 0.4) is 0 Å². The summed E-state index contributed by atoms with van der Waals surface area (Å²) in [6, 6.07) is 7.45. The third-order valence-electron chi connectivity index (χ3n) is 4.47. The van der Waals surface area contributed by atoms with Crippen LogP contribution in [0.4, 0.5) is 5.69 Å². The van der Waals surface area contributed by atoms with Crippen LogP contribution in [-0.2, 0) is 11.2 Å². The van der Waals surface area contributed by atoms with Gasteiger partial charge in [0.15, 0.2) is 0 Å². The van der Waals surface area contributed by atoms with Crippen molar-refractivity contribution in [3.63, 3.8) is 0 Å². The molecule has 1 aromatic rings. The monoisotopic (exact) mass is 290 g/mol. The minimum absolute atomic E-state index is 0.0344. The number of hydrogen-bond donors (Lipinski definition) is 3. The van der Waals surface area contributed by atoms with Crippen LogP contribution in [0.5, 0.6) is 0 Å². The largest absolute Gasteiger partial charge is 0.393 e. The normalized spacial score (nSPS) is 30.3. The number of benzene rings is 1. The number of nitrogens with zero attached hydrogens (tertiary/aromatic N) is 1. The Morgan fingerprint density at radius 2 is 2.24 bits per heavy atom. The van der Waals surface area contributed by atoms with Gasteiger partial charge < -0.3 is 20.4 Å². The van der Waals surface area contributed by atoms with E-state index in [2.05, 4.69) is 5.32 Å². The molecule has 2 aliphatic rings. The van der Waals surface area contributed by atoms with Crippen molar-refractivity contribution < 1.29 is 15.0 Å². The van der Waals surface area contributed by atoms with Crippen LogP contribution in [-0.4, -0.2) is 47.0 Å². The molecule has 1 fully saturated rings. The van der Waals surface area contributed by atoms with Gasteiger partial charge in [-0.05, 0) is 31.5 Å². The van der Waals surface area contributed by atoms with E-state index in [1.165, 1.54) is 0 Å². The van der Waals surface area contributed by atoms with Gasteiger partial charge in [0.1, 0.15) is 5.60 Å². The summed E-state index contributed by atoms with van der Waals surface area (Å²) in [6.45, 7) is 2.83. The minimum atomic E-state index is -1.10. The molecule has 2 heterocycles. The molecule has 3 N–H and O–H groups in total. The number of para-hydroxylation sites is 1. The number of rotatable bonds is 3. The molecule has 114 valence electrons. The van der Waals surface area contributed by atoms with Crippen LogP contribution in [0, 0.1) is 0 Å². The summed E-state index contributed by atoms with van der Waals surface area (Å²) in [5, 5.41) is 23.9. The molecule has 1 saturated heterocycles. The van der Waals surface area contributed by atoms with Crippen LogP contribution >= 0.6 is 0 Å². The van der Waals surface area contributed by atoms with E-state index in [-0.39, 0.29) is 18.4 Å². The van der Waals surface area contributed by atoms with Crippen LogP contribution < -0.4 is 10.2 Å². The number of hydrogen-bond acceptors (Lipinski definition) is 4. The lowest BCUT2D eigenvalue weighted by molar-refractivity contribution is -0.120. The SMILES string of the molecule is CC(O)CC1(O)CNCCC1N1C(=O)Cc2ccccc21. The first-order chi connectivity index (χ1) is 10.0. The Morgan fingerprint density at radius 3 is 3.00 bits per heavy atom. The van der Waals surface area contributed by atoms with Gasteiger partial charge >= 0.3 is 0 Å². The Kier molecular flexibility index (Phi) is 3.73. The standard InChI is InChI=1S/C16H22N2O3/c1-11(19)9-16(21)10-17-7-6-14(16)18-13-5-3-2-4-12(13)8-15(18)20/h2-5,11,14,17,19,21H,6-10H2,1H3. The van der Waals surface area contributed by atoms with E-state index in [0.717, 1.165) is 17.8 Å². The molecule has 3 atom stereocenters. The van der Waals surface area contributed by atoms with E-state index in [1.807, 2.05) is 24.3 Å². The maximum absolute atomic E-state index is 12.4. The van der Waals surface area contributed by atoms with E-state index in [1.54, 1.807) is 11.8 Å². The Bertz CT molecular complexity index is 546. The second kappa shape index (κ2) is 5.40. The number of aliphatic hydroxyl groups excluding tert-OH is 1. The van der Waals surface area contributed by atoms with Gasteiger partial charge in [0.05, 0.1) is 18.6 Å². The summed E-state index contributed by atoms with van der Waals surface area (Å²) in [5.41, 5.74) is 0.818. The fraction of sp³-hybridized carbons (Fsp3) is 0.562. The van der Waals surface area contributed by atoms with Gasteiger partial charge in [-0.15, -0.1) is 0 Å². The fourth-order valence-corrected chi connectivity index (χ4v) is 3.64. The van der Waals surface area contributed by atoms with Gasteiger partial charge in [-0.1, -0.05) is 18.2 Å². The molecule has 0 saturated carbocycles. The second-order valence-electron chi connectivity index (χ2n) is 6.21. The molecule has 0 aliphatic carbocycles. The number of carbonyl (C=O) groups is 1. The topological polar surface area (TPSA) is 72.8 Å². The molecule has 0 spiro atoms. The highest BCUT2D eigenvalue weighted by Crippen LogP contribution is 2.36. The van der Waals surface area contributed by atoms with Crippen molar-refractivity contribution in [1.29, 1.82) is 0 Å². The van der Waals surface area contributed by atoms with Gasteiger partial charge in [-0.3, -0.25) is 4.79 Å². The molecular weight excluding hydrogens is 268 g/mol. The molecule has 21 heavy (non-hydrogen) atoms. The summed E-state index contributed by atoms with van der Waals surface area (Å²) in [5.74, 6) is 0.0344. The molecule has 0 radical (unpaired) electrons. The number of amides is 1. The van der Waals surface area contributed by atoms with Gasteiger partial charge in [-0.25, -0.2) is 0 Å². The highest BCUT2D eigenvalue weighted by atomic mass is 16.3. The van der Waals surface area contributed by atoms with Crippen molar-refractivity contribution in [3.8, 4) is 0 Å². The van der Waals surface area contributed by atoms with Gasteiger partial charge in [-0.2, -0.15) is 0 Å². The number of anilines is 1. The number of aliphatic hydroxyl groups is 2. The first-order valence-electron chi connectivity index (χ1n) is 7.52. The van der Waals surface area contributed by atoms with Crippen molar-refractivity contribution in [3.05, 3.63) is 29.8 Å². The number of piperidine rings is 1. The van der Waals surface area contributed by atoms with Crippen LogP contribution in [0.25, 0.3) is 0 Å². The average molecular weight is 290 g/mol. The van der Waals surface area contributed by atoms with Crippen LogP contribution in [0.1, 0.15) is 25.3 Å². The van der Waals surface area contributed by atoms with Crippen molar-refractivity contribution in [1.82, 2.24) is 5.32 Å². The smallest absolute Gasteiger partial charge is 0.231 e. The highest BCUT2D eigenvalue weighted by molar-refractivity contribution is 6.02. The van der Waals surface area contributed by atoms with E-state index in [4.69, 9.17) is 0 Å². The zero-order chi connectivity index (χ0) is 15.0. The number of nitrogens with one attached hydrogen (secondary N) is 1. The molecule has 5 heteroatoms. The lowest BCUT2D eigenvalue weighted by Crippen LogP contribution is -2.63. The van der Waals surface area contributed by atoms with E-state index < -0.39 is 11.7 Å². The summed E-state index contributed by atoms with van der Waals surface area (Å²) in [4.78, 5) is 14.2. The third kappa shape index (κ3) is 2.57. The summed E-state index contributed by atoms with van der Waals surface area (Å²) < 4.78 is 0. The molecule has 0 bridgehead atoms. The molecule has 3 unspecified atom stereocenters. The Morgan fingerprint density at radius 1 is 1.48 bits per heavy atom. The number of fused-ring (bicyclic) bond motifs is 1. The van der Waals surface area contributed by atoms with Crippen molar-refractivity contribution in [2.45, 2.75) is 43.9 Å². The quantitative estimate of drug-likeness (QED) is 0.755. The predicted molar refractivity (Wildman–Crippen MR) is 80.2 cm³/mol. The zero-order valence-corrected chi connectivity index (χ0v) is 12.2. The zero-order valence-electron chi connectivity index (χ0n) is 12.2. The molecule has 1 aromatic carbocycles. The highest BCUT2D eigenvalue weighted by Gasteiger charge is 2.47. The molecule has 3 rings (SSSR count). The van der Waals surface area contributed by atoms with Gasteiger partial charge in [0.2, 0.25) is 5.91 Å². The lowest BCUT2D eigenvalue weighted by atomic mass is 9.82. The first-order valence-corrected chi connectivity index (χ1v) is 7.52. The van der Waals surface area contributed by atoms with Crippen LogP contribution in [0.2, 0.25) is 0 Å². The molecule has 5 nitrogen and oxygen atoms in total. The van der Waals surface area contributed by atoms with Gasteiger partial charge in [0, 0.05) is 18.7 Å². The lowest BCUT2D eigenvalue weighted by Gasteiger charge is -2.45. The predicted octanol–water partition coefficient (Wildman–Crippen LogP) is 0.440. The van der Waals surface area contributed by atoms with Crippen molar-refractivity contribution in [2.75, 3.05) is 18.0 Å². The summed E-state index contributed by atoms with van der Waals surface area (Å²) in [7, 11) is 0. The maximum atomic E-state index is 12.4. The number of β-amino-alcohol motifs (C(OH)–C–C–N with tert-alkyl or cyclic N) is 1. The fourth-order valence-electron chi connectivity index (χ4n) is 3.64. The van der Waals surface area contributed by atoms with E-state index in [0.29, 0.717) is 19.4 Å². The summed E-state index contributed by atoms with van der Waals surface area (Å²) in [6.07, 6.45) is 0.732. The molecular formula is C16H22N2O3. The van der Waals surface area contributed by atoms with Crippen LogP contribution in [0.15, 0.2) is 24.3 Å². The average Bonchev–Trinajstić information content (AvgIpc) is 2.74. The van der Waals surface area contributed by atoms with E-state index >= 15 is 0 Å². The number of carbonyl (C=O) groups excluding carboxylic acids is 1. The molecule has 0 aromatic heterocycles. The third-order valence-corrected chi connectivity index (χ3v) is 4.47. The maximum Gasteiger partial charge on any atom is 0.231 e. The van der Waals surface area contributed by atoms with Crippen molar-refractivity contribution in [2.24, 2.45) is 0 Å². The van der Waals surface area contributed by atoms with Gasteiger partial charge in [0.25, 0.3) is 0 Å². The first kappa shape index (κ1) is 14.5. The Balaban J connectivity index is 1.95.